The van der Waals surface area contributed by atoms with E-state index >= 15 is 0 Å². The number of ketones is 1. The molecule has 2 rings (SSSR count). The van der Waals surface area contributed by atoms with Gasteiger partial charge in [0.25, 0.3) is 0 Å². The summed E-state index contributed by atoms with van der Waals surface area (Å²) in [7, 11) is 3.05. The summed E-state index contributed by atoms with van der Waals surface area (Å²) in [5.41, 5.74) is 1.17. The van der Waals surface area contributed by atoms with E-state index in [0.29, 0.717) is 5.76 Å². The molecule has 1 atom stereocenters. The van der Waals surface area contributed by atoms with Gasteiger partial charge in [0.2, 0.25) is 5.78 Å². The van der Waals surface area contributed by atoms with Crippen molar-refractivity contribution >= 4 is 5.78 Å². The first-order valence-corrected chi connectivity index (χ1v) is 5.93. The molecule has 0 radical (unpaired) electrons. The van der Waals surface area contributed by atoms with Gasteiger partial charge in [-0.2, -0.15) is 0 Å². The number of ether oxygens (including phenoxy) is 2. The molecule has 94 valence electrons. The number of Topliss-reactive ketones (excluding diaryl/α,β-unsaturated/α-hetero) is 1. The molecule has 17 heavy (non-hydrogen) atoms. The van der Waals surface area contributed by atoms with Gasteiger partial charge < -0.3 is 13.9 Å². The fraction of sp³-hybridized carbons (Fsp3) is 0.615. The van der Waals surface area contributed by atoms with Crippen LogP contribution in [0, 0.1) is 0 Å². The number of hydrogen-bond donors (Lipinski definition) is 0. The van der Waals surface area contributed by atoms with Crippen molar-refractivity contribution in [1.29, 1.82) is 0 Å². The molecule has 1 aliphatic rings. The Labute approximate surface area is 101 Å². The van der Waals surface area contributed by atoms with Gasteiger partial charge in [0.1, 0.15) is 11.9 Å². The highest BCUT2D eigenvalue weighted by Gasteiger charge is 2.25. The molecule has 0 aromatic carbocycles. The van der Waals surface area contributed by atoms with Crippen LogP contribution in [0.15, 0.2) is 10.5 Å². The maximum absolute atomic E-state index is 12.1. The Balaban J connectivity index is 2.15. The molecule has 1 aliphatic carbocycles. The van der Waals surface area contributed by atoms with Gasteiger partial charge in [-0.3, -0.25) is 4.79 Å². The molecule has 0 bridgehead atoms. The first kappa shape index (κ1) is 12.3. The van der Waals surface area contributed by atoms with Gasteiger partial charge >= 0.3 is 0 Å². The highest BCUT2D eigenvalue weighted by molar-refractivity contribution is 5.97. The fourth-order valence-electron chi connectivity index (χ4n) is 2.17. The number of methoxy groups -OCH3 is 2. The van der Waals surface area contributed by atoms with E-state index in [-0.39, 0.29) is 12.4 Å². The Morgan fingerprint density at radius 1 is 1.41 bits per heavy atom. The molecular formula is C13H18O4. The van der Waals surface area contributed by atoms with Crippen molar-refractivity contribution in [2.45, 2.75) is 31.8 Å². The summed E-state index contributed by atoms with van der Waals surface area (Å²) in [5.74, 6) is 1.23. The van der Waals surface area contributed by atoms with E-state index in [0.717, 1.165) is 25.0 Å². The smallest absolute Gasteiger partial charge is 0.228 e. The van der Waals surface area contributed by atoms with Crippen molar-refractivity contribution in [2.75, 3.05) is 20.8 Å². The normalized spacial score (nSPS) is 16.6. The van der Waals surface area contributed by atoms with E-state index in [1.165, 1.54) is 19.1 Å². The summed E-state index contributed by atoms with van der Waals surface area (Å²) in [5, 5.41) is 0. The molecule has 0 saturated carbocycles. The van der Waals surface area contributed by atoms with Crippen LogP contribution in [-0.4, -0.2) is 32.7 Å². The van der Waals surface area contributed by atoms with Crippen LogP contribution >= 0.6 is 0 Å². The third kappa shape index (κ3) is 2.58. The summed E-state index contributed by atoms with van der Waals surface area (Å²) in [4.78, 5) is 12.1. The van der Waals surface area contributed by atoms with Crippen LogP contribution in [0.3, 0.4) is 0 Å². The SMILES string of the molecule is COC[C@@H](OC)C(=O)c1cc2c(o1)CCCC2. The maximum atomic E-state index is 12.1. The molecule has 0 N–H and O–H groups in total. The van der Waals surface area contributed by atoms with Crippen LogP contribution in [0.1, 0.15) is 34.7 Å². The van der Waals surface area contributed by atoms with Gasteiger partial charge in [-0.25, -0.2) is 0 Å². The zero-order chi connectivity index (χ0) is 12.3. The van der Waals surface area contributed by atoms with Crippen molar-refractivity contribution in [3.05, 3.63) is 23.2 Å². The molecule has 0 amide bonds. The molecule has 0 aliphatic heterocycles. The summed E-state index contributed by atoms with van der Waals surface area (Å²) < 4.78 is 15.7. The minimum absolute atomic E-state index is 0.135. The summed E-state index contributed by atoms with van der Waals surface area (Å²) in [6.07, 6.45) is 3.68. The number of carbonyl (C=O) groups excluding carboxylic acids is 1. The second-order valence-corrected chi connectivity index (χ2v) is 4.31. The number of rotatable bonds is 5. The zero-order valence-electron chi connectivity index (χ0n) is 10.3. The molecule has 1 heterocycles. The molecule has 1 aromatic rings. The molecular weight excluding hydrogens is 220 g/mol. The predicted octanol–water partition coefficient (Wildman–Crippen LogP) is 2.00. The number of carbonyl (C=O) groups is 1. The molecule has 0 unspecified atom stereocenters. The van der Waals surface area contributed by atoms with Crippen molar-refractivity contribution < 1.29 is 18.7 Å². The largest absolute Gasteiger partial charge is 0.458 e. The van der Waals surface area contributed by atoms with Gasteiger partial charge in [0, 0.05) is 20.6 Å². The summed E-state index contributed by atoms with van der Waals surface area (Å²) >= 11 is 0. The fourth-order valence-corrected chi connectivity index (χ4v) is 2.17. The Bertz CT molecular complexity index is 371. The quantitative estimate of drug-likeness (QED) is 0.736. The monoisotopic (exact) mass is 238 g/mol. The van der Waals surface area contributed by atoms with Gasteiger partial charge in [0.05, 0.1) is 6.61 Å². The predicted molar refractivity (Wildman–Crippen MR) is 62.4 cm³/mol. The molecule has 0 fully saturated rings. The number of fused-ring (bicyclic) bond motifs is 1. The standard InChI is InChI=1S/C13H18O4/c1-15-8-12(16-2)13(14)11-7-9-5-3-4-6-10(9)17-11/h7,12H,3-6,8H2,1-2H3/t12-/m1/s1. The van der Waals surface area contributed by atoms with Crippen molar-refractivity contribution in [2.24, 2.45) is 0 Å². The Hall–Kier alpha value is -1.13. The minimum atomic E-state index is -0.576. The van der Waals surface area contributed by atoms with Gasteiger partial charge in [-0.1, -0.05) is 0 Å². The van der Waals surface area contributed by atoms with E-state index in [1.54, 1.807) is 7.11 Å². The topological polar surface area (TPSA) is 48.7 Å². The average Bonchev–Trinajstić information content (AvgIpc) is 2.78. The second-order valence-electron chi connectivity index (χ2n) is 4.31. The van der Waals surface area contributed by atoms with Crippen LogP contribution in [-0.2, 0) is 22.3 Å². The van der Waals surface area contributed by atoms with Gasteiger partial charge in [0.15, 0.2) is 5.76 Å². The molecule has 0 spiro atoms. The van der Waals surface area contributed by atoms with Crippen molar-refractivity contribution in [3.8, 4) is 0 Å². The van der Waals surface area contributed by atoms with Crippen LogP contribution in [0.4, 0.5) is 0 Å². The van der Waals surface area contributed by atoms with E-state index in [9.17, 15) is 4.79 Å². The van der Waals surface area contributed by atoms with Crippen LogP contribution in [0.25, 0.3) is 0 Å². The molecule has 1 aromatic heterocycles. The lowest BCUT2D eigenvalue weighted by atomic mass is 9.98. The lowest BCUT2D eigenvalue weighted by Gasteiger charge is -2.10. The third-order valence-electron chi connectivity index (χ3n) is 3.13. The van der Waals surface area contributed by atoms with Gasteiger partial charge in [-0.05, 0) is 30.9 Å². The number of furan rings is 1. The lowest BCUT2D eigenvalue weighted by Crippen LogP contribution is -2.27. The highest BCUT2D eigenvalue weighted by Crippen LogP contribution is 2.25. The zero-order valence-corrected chi connectivity index (χ0v) is 10.3. The Kier molecular flexibility index (Phi) is 3.97. The first-order chi connectivity index (χ1) is 8.26. The van der Waals surface area contributed by atoms with E-state index in [4.69, 9.17) is 13.9 Å². The van der Waals surface area contributed by atoms with Crippen molar-refractivity contribution in [1.82, 2.24) is 0 Å². The van der Waals surface area contributed by atoms with Crippen molar-refractivity contribution in [3.63, 3.8) is 0 Å². The van der Waals surface area contributed by atoms with E-state index < -0.39 is 6.10 Å². The Morgan fingerprint density at radius 3 is 2.82 bits per heavy atom. The third-order valence-corrected chi connectivity index (χ3v) is 3.13. The first-order valence-electron chi connectivity index (χ1n) is 5.93. The van der Waals surface area contributed by atoms with Crippen LogP contribution in [0.5, 0.6) is 0 Å². The highest BCUT2D eigenvalue weighted by atomic mass is 16.5. The van der Waals surface area contributed by atoms with Crippen LogP contribution < -0.4 is 0 Å². The number of aryl methyl sites for hydroxylation is 2. The number of hydrogen-bond acceptors (Lipinski definition) is 4. The summed E-state index contributed by atoms with van der Waals surface area (Å²) in [6, 6.07) is 1.86. The van der Waals surface area contributed by atoms with Gasteiger partial charge in [-0.15, -0.1) is 0 Å². The molecule has 4 heteroatoms. The maximum Gasteiger partial charge on any atom is 0.228 e. The summed E-state index contributed by atoms with van der Waals surface area (Å²) in [6.45, 7) is 0.251. The average molecular weight is 238 g/mol. The molecule has 4 nitrogen and oxygen atoms in total. The second kappa shape index (κ2) is 5.47. The Morgan fingerprint density at radius 2 is 2.18 bits per heavy atom. The van der Waals surface area contributed by atoms with E-state index in [2.05, 4.69) is 0 Å². The van der Waals surface area contributed by atoms with Crippen LogP contribution in [0.2, 0.25) is 0 Å². The van der Waals surface area contributed by atoms with E-state index in [1.807, 2.05) is 6.07 Å². The minimum Gasteiger partial charge on any atom is -0.458 e. The molecule has 0 saturated heterocycles. The lowest BCUT2D eigenvalue weighted by molar-refractivity contribution is 0.0249.